The van der Waals surface area contributed by atoms with E-state index in [0.717, 1.165) is 6.07 Å². The fourth-order valence-corrected chi connectivity index (χ4v) is 2.05. The second kappa shape index (κ2) is 6.97. The van der Waals surface area contributed by atoms with Crippen molar-refractivity contribution in [2.24, 2.45) is 0 Å². The van der Waals surface area contributed by atoms with Crippen LogP contribution in [0.5, 0.6) is 0 Å². The average molecular weight is 361 g/mol. The highest BCUT2D eigenvalue weighted by Gasteiger charge is 2.32. The standard InChI is InChI=1S/C14H15F4N5O2/c1-6-11(19)22-23-12(6)21-13(25)20-10(5-24)7-2-8(14(16,17)18)4-9(15)3-7/h2-4,10,24H,5H2,1H3,(H5,19,20,21,22,23,25). The number of nitrogens with two attached hydrogens (primary N) is 1. The number of halogens is 4. The number of hydrogen-bond acceptors (Lipinski definition) is 4. The maximum atomic E-state index is 13.5. The molecule has 1 heterocycles. The number of rotatable bonds is 4. The number of aliphatic hydroxyl groups excluding tert-OH is 1. The summed E-state index contributed by atoms with van der Waals surface area (Å²) in [5.74, 6) is -0.794. The Kier molecular flexibility index (Phi) is 5.16. The number of benzene rings is 1. The number of amides is 2. The number of aromatic nitrogens is 2. The highest BCUT2D eigenvalue weighted by molar-refractivity contribution is 5.89. The van der Waals surface area contributed by atoms with E-state index in [4.69, 9.17) is 5.73 Å². The molecule has 7 nitrogen and oxygen atoms in total. The zero-order chi connectivity index (χ0) is 18.8. The Balaban J connectivity index is 2.18. The third kappa shape index (κ3) is 4.38. The molecule has 0 saturated carbocycles. The van der Waals surface area contributed by atoms with Crippen molar-refractivity contribution in [3.05, 3.63) is 40.7 Å². The van der Waals surface area contributed by atoms with Gasteiger partial charge in [-0.2, -0.15) is 18.3 Å². The van der Waals surface area contributed by atoms with Gasteiger partial charge in [-0.3, -0.25) is 10.4 Å². The zero-order valence-corrected chi connectivity index (χ0v) is 12.9. The molecule has 0 aliphatic heterocycles. The van der Waals surface area contributed by atoms with Crippen LogP contribution >= 0.6 is 0 Å². The highest BCUT2D eigenvalue weighted by atomic mass is 19.4. The molecule has 0 fully saturated rings. The van der Waals surface area contributed by atoms with Crippen LogP contribution in [-0.4, -0.2) is 27.9 Å². The first-order chi connectivity index (χ1) is 11.6. The SMILES string of the molecule is Cc1c(NC(=O)NC(CO)c2cc(F)cc(C(F)(F)F)c2)n[nH]c1N. The lowest BCUT2D eigenvalue weighted by Gasteiger charge is -2.18. The average Bonchev–Trinajstić information content (AvgIpc) is 2.83. The molecule has 1 unspecified atom stereocenters. The lowest BCUT2D eigenvalue weighted by atomic mass is 10.0. The van der Waals surface area contributed by atoms with E-state index in [0.29, 0.717) is 17.7 Å². The van der Waals surface area contributed by atoms with Gasteiger partial charge in [-0.1, -0.05) is 0 Å². The van der Waals surface area contributed by atoms with E-state index < -0.39 is 36.2 Å². The number of nitrogens with zero attached hydrogens (tertiary/aromatic N) is 1. The molecular formula is C14H15F4N5O2. The number of aromatic amines is 1. The van der Waals surface area contributed by atoms with Crippen molar-refractivity contribution < 1.29 is 27.5 Å². The van der Waals surface area contributed by atoms with Crippen molar-refractivity contribution in [3.63, 3.8) is 0 Å². The van der Waals surface area contributed by atoms with E-state index in [1.54, 1.807) is 6.92 Å². The Labute approximate surface area is 139 Å². The molecule has 25 heavy (non-hydrogen) atoms. The highest BCUT2D eigenvalue weighted by Crippen LogP contribution is 2.31. The zero-order valence-electron chi connectivity index (χ0n) is 12.9. The number of H-pyrrole nitrogens is 1. The Hall–Kier alpha value is -2.82. The van der Waals surface area contributed by atoms with Crippen molar-refractivity contribution >= 4 is 17.7 Å². The quantitative estimate of drug-likeness (QED) is 0.537. The van der Waals surface area contributed by atoms with Gasteiger partial charge in [0.05, 0.1) is 18.2 Å². The maximum absolute atomic E-state index is 13.5. The summed E-state index contributed by atoms with van der Waals surface area (Å²) in [6, 6.07) is -0.329. The lowest BCUT2D eigenvalue weighted by Crippen LogP contribution is -2.34. The summed E-state index contributed by atoms with van der Waals surface area (Å²) in [4.78, 5) is 11.9. The van der Waals surface area contributed by atoms with Crippen LogP contribution in [0.3, 0.4) is 0 Å². The molecular weight excluding hydrogens is 346 g/mol. The number of hydrogen-bond donors (Lipinski definition) is 5. The minimum Gasteiger partial charge on any atom is -0.394 e. The van der Waals surface area contributed by atoms with Gasteiger partial charge in [-0.05, 0) is 30.7 Å². The molecule has 0 radical (unpaired) electrons. The number of nitrogens with one attached hydrogen (secondary N) is 3. The fraction of sp³-hybridized carbons (Fsp3) is 0.286. The van der Waals surface area contributed by atoms with Gasteiger partial charge in [-0.25, -0.2) is 9.18 Å². The molecule has 0 aliphatic carbocycles. The van der Waals surface area contributed by atoms with E-state index in [1.165, 1.54) is 0 Å². The summed E-state index contributed by atoms with van der Waals surface area (Å²) < 4.78 is 51.7. The third-order valence-corrected chi connectivity index (χ3v) is 3.42. The third-order valence-electron chi connectivity index (χ3n) is 3.42. The van der Waals surface area contributed by atoms with E-state index in [9.17, 15) is 27.5 Å². The first kappa shape index (κ1) is 18.5. The molecule has 11 heteroatoms. The van der Waals surface area contributed by atoms with Crippen LogP contribution in [0.1, 0.15) is 22.7 Å². The molecule has 6 N–H and O–H groups in total. The molecule has 0 bridgehead atoms. The van der Waals surface area contributed by atoms with Gasteiger partial charge in [0, 0.05) is 5.56 Å². The molecule has 1 aromatic heterocycles. The largest absolute Gasteiger partial charge is 0.416 e. The molecule has 2 aromatic rings. The number of alkyl halides is 3. The number of carbonyl (C=O) groups excluding carboxylic acids is 1. The number of anilines is 2. The van der Waals surface area contributed by atoms with Gasteiger partial charge in [0.2, 0.25) is 0 Å². The van der Waals surface area contributed by atoms with Crippen LogP contribution in [-0.2, 0) is 6.18 Å². The van der Waals surface area contributed by atoms with Gasteiger partial charge < -0.3 is 16.2 Å². The summed E-state index contributed by atoms with van der Waals surface area (Å²) in [5.41, 5.74) is 4.53. The molecule has 0 saturated heterocycles. The number of nitrogen functional groups attached to an aromatic ring is 1. The fourth-order valence-electron chi connectivity index (χ4n) is 2.05. The van der Waals surface area contributed by atoms with E-state index in [2.05, 4.69) is 20.8 Å². The first-order valence-corrected chi connectivity index (χ1v) is 6.98. The summed E-state index contributed by atoms with van der Waals surface area (Å²) in [5, 5.41) is 20.1. The number of urea groups is 1. The Morgan fingerprint density at radius 2 is 2.08 bits per heavy atom. The van der Waals surface area contributed by atoms with Crippen molar-refractivity contribution in [1.82, 2.24) is 15.5 Å². The minimum atomic E-state index is -4.76. The molecule has 2 rings (SSSR count). The van der Waals surface area contributed by atoms with Crippen LogP contribution in [0, 0.1) is 12.7 Å². The van der Waals surface area contributed by atoms with Crippen LogP contribution in [0.25, 0.3) is 0 Å². The predicted octanol–water partition coefficient (Wildman–Crippen LogP) is 2.31. The molecule has 0 aliphatic rings. The molecule has 0 spiro atoms. The molecule has 136 valence electrons. The number of carbonyl (C=O) groups is 1. The van der Waals surface area contributed by atoms with Crippen molar-refractivity contribution in [3.8, 4) is 0 Å². The van der Waals surface area contributed by atoms with Gasteiger partial charge >= 0.3 is 12.2 Å². The molecule has 1 aromatic carbocycles. The lowest BCUT2D eigenvalue weighted by molar-refractivity contribution is -0.137. The smallest absolute Gasteiger partial charge is 0.394 e. The maximum Gasteiger partial charge on any atom is 0.416 e. The van der Waals surface area contributed by atoms with Crippen LogP contribution < -0.4 is 16.4 Å². The van der Waals surface area contributed by atoms with E-state index in [-0.39, 0.29) is 17.2 Å². The van der Waals surface area contributed by atoms with Gasteiger partial charge in [0.15, 0.2) is 5.82 Å². The molecule has 2 amide bonds. The second-order valence-electron chi connectivity index (χ2n) is 5.22. The Morgan fingerprint density at radius 3 is 2.60 bits per heavy atom. The monoisotopic (exact) mass is 361 g/mol. The van der Waals surface area contributed by atoms with Crippen molar-refractivity contribution in [2.75, 3.05) is 17.7 Å². The van der Waals surface area contributed by atoms with E-state index in [1.807, 2.05) is 0 Å². The normalized spacial score (nSPS) is 12.7. The summed E-state index contributed by atoms with van der Waals surface area (Å²) in [7, 11) is 0. The van der Waals surface area contributed by atoms with Gasteiger partial charge in [0.25, 0.3) is 0 Å². The van der Waals surface area contributed by atoms with Crippen molar-refractivity contribution in [1.29, 1.82) is 0 Å². The summed E-state index contributed by atoms with van der Waals surface area (Å²) >= 11 is 0. The minimum absolute atomic E-state index is 0.113. The second-order valence-corrected chi connectivity index (χ2v) is 5.22. The Bertz CT molecular complexity index is 775. The van der Waals surface area contributed by atoms with E-state index >= 15 is 0 Å². The van der Waals surface area contributed by atoms with Gasteiger partial charge in [-0.15, -0.1) is 0 Å². The topological polar surface area (TPSA) is 116 Å². The molecule has 1 atom stereocenters. The number of aliphatic hydroxyl groups is 1. The van der Waals surface area contributed by atoms with Crippen molar-refractivity contribution in [2.45, 2.75) is 19.1 Å². The summed E-state index contributed by atoms with van der Waals surface area (Å²) in [6.45, 7) is 0.843. The summed E-state index contributed by atoms with van der Waals surface area (Å²) in [6.07, 6.45) is -4.76. The van der Waals surface area contributed by atoms with Crippen LogP contribution in [0.4, 0.5) is 34.0 Å². The van der Waals surface area contributed by atoms with Gasteiger partial charge in [0.1, 0.15) is 11.6 Å². The first-order valence-electron chi connectivity index (χ1n) is 6.98. The predicted molar refractivity (Wildman–Crippen MR) is 81.1 cm³/mol. The Morgan fingerprint density at radius 1 is 1.40 bits per heavy atom. The van der Waals surface area contributed by atoms with Crippen LogP contribution in [0.2, 0.25) is 0 Å². The van der Waals surface area contributed by atoms with Crippen LogP contribution in [0.15, 0.2) is 18.2 Å².